The molecule has 16 heavy (non-hydrogen) atoms. The van der Waals surface area contributed by atoms with Crippen molar-refractivity contribution in [1.82, 2.24) is 0 Å². The molecular weight excluding hydrogens is 227 g/mol. The molecule has 0 spiro atoms. The lowest BCUT2D eigenvalue weighted by Crippen LogP contribution is -2.25. The third-order valence-electron chi connectivity index (χ3n) is 3.02. The third-order valence-corrected chi connectivity index (χ3v) is 3.44. The smallest absolute Gasteiger partial charge is 0.142 e. The monoisotopic (exact) mass is 242 g/mol. The number of Topliss-reactive ketones (excluding diaryl/α,β-unsaturated/α-hetero) is 1. The van der Waals surface area contributed by atoms with Crippen LogP contribution >= 0.6 is 11.6 Å². The number of hydrogen-bond donors (Lipinski definition) is 0. The molecule has 0 heterocycles. The van der Waals surface area contributed by atoms with Crippen molar-refractivity contribution in [3.63, 3.8) is 0 Å². The van der Waals surface area contributed by atoms with Crippen LogP contribution in [-0.4, -0.2) is 5.78 Å². The Morgan fingerprint density at radius 1 is 1.44 bits per heavy atom. The first-order valence-corrected chi connectivity index (χ1v) is 5.72. The van der Waals surface area contributed by atoms with Crippen LogP contribution in [0, 0.1) is 11.2 Å². The first kappa shape index (κ1) is 13.2. The van der Waals surface area contributed by atoms with Crippen LogP contribution in [0.5, 0.6) is 0 Å². The van der Waals surface area contributed by atoms with Crippen LogP contribution in [0.3, 0.4) is 0 Å². The zero-order chi connectivity index (χ0) is 12.3. The highest BCUT2D eigenvalue weighted by molar-refractivity contribution is 6.31. The molecule has 0 fully saturated rings. The van der Waals surface area contributed by atoms with Crippen molar-refractivity contribution in [3.8, 4) is 0 Å². The molecule has 0 amide bonds. The molecular formula is C13H16ClFO. The zero-order valence-electron chi connectivity index (χ0n) is 9.81. The van der Waals surface area contributed by atoms with E-state index < -0.39 is 5.82 Å². The summed E-state index contributed by atoms with van der Waals surface area (Å²) in [5.41, 5.74) is 0.184. The van der Waals surface area contributed by atoms with E-state index in [0.717, 1.165) is 6.42 Å². The highest BCUT2D eigenvalue weighted by Crippen LogP contribution is 2.26. The van der Waals surface area contributed by atoms with Crippen molar-refractivity contribution < 1.29 is 9.18 Å². The zero-order valence-corrected chi connectivity index (χ0v) is 10.6. The minimum Gasteiger partial charge on any atom is -0.299 e. The number of carbonyl (C=O) groups excluding carboxylic acids is 1. The van der Waals surface area contributed by atoms with Gasteiger partial charge in [-0.3, -0.25) is 4.79 Å². The lowest BCUT2D eigenvalue weighted by atomic mass is 9.82. The molecule has 0 radical (unpaired) electrons. The fourth-order valence-corrected chi connectivity index (χ4v) is 1.49. The second kappa shape index (κ2) is 4.96. The molecule has 0 saturated carbocycles. The van der Waals surface area contributed by atoms with Crippen LogP contribution in [0.2, 0.25) is 5.02 Å². The molecule has 0 aliphatic heterocycles. The Morgan fingerprint density at radius 3 is 2.62 bits per heavy atom. The normalized spacial score (nSPS) is 11.6. The van der Waals surface area contributed by atoms with Crippen LogP contribution in [0.15, 0.2) is 18.2 Å². The lowest BCUT2D eigenvalue weighted by Gasteiger charge is -2.21. The predicted octanol–water partition coefficient (Wildman–Crippen LogP) is 4.03. The van der Waals surface area contributed by atoms with E-state index in [0.29, 0.717) is 5.56 Å². The van der Waals surface area contributed by atoms with Gasteiger partial charge in [0.1, 0.15) is 11.6 Å². The van der Waals surface area contributed by atoms with E-state index in [1.54, 1.807) is 12.1 Å². The second-order valence-corrected chi connectivity index (χ2v) is 4.93. The Kier molecular flexibility index (Phi) is 4.09. The summed E-state index contributed by atoms with van der Waals surface area (Å²) in [6, 6.07) is 4.55. The second-order valence-electron chi connectivity index (χ2n) is 4.55. The van der Waals surface area contributed by atoms with Crippen LogP contribution in [0.1, 0.15) is 32.8 Å². The van der Waals surface area contributed by atoms with Gasteiger partial charge in [0.25, 0.3) is 0 Å². The van der Waals surface area contributed by atoms with E-state index in [-0.39, 0.29) is 22.6 Å². The fourth-order valence-electron chi connectivity index (χ4n) is 1.29. The van der Waals surface area contributed by atoms with Crippen LogP contribution in [0.4, 0.5) is 4.39 Å². The summed E-state index contributed by atoms with van der Waals surface area (Å²) in [5, 5.41) is 0.0581. The number of carbonyl (C=O) groups is 1. The Labute approximate surface area is 101 Å². The molecule has 0 aromatic heterocycles. The molecule has 0 aliphatic carbocycles. The van der Waals surface area contributed by atoms with Crippen LogP contribution < -0.4 is 0 Å². The van der Waals surface area contributed by atoms with Crippen molar-refractivity contribution in [2.24, 2.45) is 5.41 Å². The maximum absolute atomic E-state index is 13.2. The molecule has 0 bridgehead atoms. The first-order valence-electron chi connectivity index (χ1n) is 5.34. The van der Waals surface area contributed by atoms with Crippen LogP contribution in [0.25, 0.3) is 0 Å². The number of ketones is 1. The fraction of sp³-hybridized carbons (Fsp3) is 0.462. The van der Waals surface area contributed by atoms with Gasteiger partial charge in [0.15, 0.2) is 0 Å². The van der Waals surface area contributed by atoms with Crippen LogP contribution in [-0.2, 0) is 11.2 Å². The summed E-state index contributed by atoms with van der Waals surface area (Å²) >= 11 is 5.80. The van der Waals surface area contributed by atoms with Crippen molar-refractivity contribution >= 4 is 17.4 Å². The predicted molar refractivity (Wildman–Crippen MR) is 64.2 cm³/mol. The average molecular weight is 243 g/mol. The van der Waals surface area contributed by atoms with Crippen molar-refractivity contribution in [3.05, 3.63) is 34.6 Å². The maximum atomic E-state index is 13.2. The third kappa shape index (κ3) is 2.82. The Balaban J connectivity index is 2.90. The highest BCUT2D eigenvalue weighted by atomic mass is 35.5. The number of rotatable bonds is 4. The molecule has 0 N–H and O–H groups in total. The minimum absolute atomic E-state index is 0.0581. The van der Waals surface area contributed by atoms with E-state index in [1.807, 2.05) is 20.8 Å². The molecule has 1 nitrogen and oxygen atoms in total. The standard InChI is InChI=1S/C13H16ClFO/c1-4-13(2,3)11(16)8-9-6-5-7-10(15)12(9)14/h5-7H,4,8H2,1-3H3. The SMILES string of the molecule is CCC(C)(C)C(=O)Cc1cccc(F)c1Cl. The van der Waals surface area contributed by atoms with Gasteiger partial charge in [-0.05, 0) is 18.1 Å². The van der Waals surface area contributed by atoms with E-state index in [4.69, 9.17) is 11.6 Å². The summed E-state index contributed by atoms with van der Waals surface area (Å²) in [6.45, 7) is 5.75. The topological polar surface area (TPSA) is 17.1 Å². The van der Waals surface area contributed by atoms with E-state index in [9.17, 15) is 9.18 Å². The first-order chi connectivity index (χ1) is 7.38. The average Bonchev–Trinajstić information content (AvgIpc) is 2.24. The summed E-state index contributed by atoms with van der Waals surface area (Å²) in [5.74, 6) is -0.385. The number of benzene rings is 1. The van der Waals surface area contributed by atoms with Gasteiger partial charge in [0.05, 0.1) is 5.02 Å². The highest BCUT2D eigenvalue weighted by Gasteiger charge is 2.25. The lowest BCUT2D eigenvalue weighted by molar-refractivity contribution is -0.126. The summed E-state index contributed by atoms with van der Waals surface area (Å²) in [6.07, 6.45) is 0.955. The van der Waals surface area contributed by atoms with E-state index in [1.165, 1.54) is 6.07 Å². The molecule has 0 saturated heterocycles. The quantitative estimate of drug-likeness (QED) is 0.779. The molecule has 0 aliphatic rings. The maximum Gasteiger partial charge on any atom is 0.142 e. The van der Waals surface area contributed by atoms with Gasteiger partial charge in [0.2, 0.25) is 0 Å². The Hall–Kier alpha value is -0.890. The molecule has 0 atom stereocenters. The molecule has 88 valence electrons. The van der Waals surface area contributed by atoms with Gasteiger partial charge in [0, 0.05) is 11.8 Å². The molecule has 1 aromatic carbocycles. The summed E-state index contributed by atoms with van der Waals surface area (Å²) in [4.78, 5) is 11.9. The summed E-state index contributed by atoms with van der Waals surface area (Å²) in [7, 11) is 0. The Bertz CT molecular complexity index is 399. The Morgan fingerprint density at radius 2 is 2.06 bits per heavy atom. The van der Waals surface area contributed by atoms with E-state index >= 15 is 0 Å². The summed E-state index contributed by atoms with van der Waals surface area (Å²) < 4.78 is 13.2. The van der Waals surface area contributed by atoms with Crippen molar-refractivity contribution in [2.45, 2.75) is 33.6 Å². The number of halogens is 2. The van der Waals surface area contributed by atoms with Crippen molar-refractivity contribution in [1.29, 1.82) is 0 Å². The molecule has 0 unspecified atom stereocenters. The molecule has 1 rings (SSSR count). The van der Waals surface area contributed by atoms with Gasteiger partial charge in [-0.25, -0.2) is 4.39 Å². The van der Waals surface area contributed by atoms with Gasteiger partial charge in [-0.1, -0.05) is 44.5 Å². The molecule has 3 heteroatoms. The molecule has 1 aromatic rings. The van der Waals surface area contributed by atoms with Gasteiger partial charge in [-0.15, -0.1) is 0 Å². The van der Waals surface area contributed by atoms with Crippen molar-refractivity contribution in [2.75, 3.05) is 0 Å². The van der Waals surface area contributed by atoms with Gasteiger partial charge < -0.3 is 0 Å². The largest absolute Gasteiger partial charge is 0.299 e. The number of hydrogen-bond acceptors (Lipinski definition) is 1. The minimum atomic E-state index is -0.471. The van der Waals surface area contributed by atoms with Gasteiger partial charge in [-0.2, -0.15) is 0 Å². The van der Waals surface area contributed by atoms with Gasteiger partial charge >= 0.3 is 0 Å². The van der Waals surface area contributed by atoms with E-state index in [2.05, 4.69) is 0 Å².